The van der Waals surface area contributed by atoms with Gasteiger partial charge in [-0.3, -0.25) is 0 Å². The summed E-state index contributed by atoms with van der Waals surface area (Å²) in [5.41, 5.74) is 2.04. The molecule has 2 rings (SSSR count). The first kappa shape index (κ1) is 14.2. The number of hydrogen-bond acceptors (Lipinski definition) is 3. The van der Waals surface area contributed by atoms with Crippen LogP contribution in [0.15, 0.2) is 18.2 Å². The number of methoxy groups -OCH3 is 1. The summed E-state index contributed by atoms with van der Waals surface area (Å²) in [6.45, 7) is 4.96. The lowest BCUT2D eigenvalue weighted by atomic mass is 10.0. The van der Waals surface area contributed by atoms with Gasteiger partial charge in [0.1, 0.15) is 5.75 Å². The summed E-state index contributed by atoms with van der Waals surface area (Å²) >= 11 is 0. The van der Waals surface area contributed by atoms with Gasteiger partial charge in [-0.2, -0.15) is 0 Å². The summed E-state index contributed by atoms with van der Waals surface area (Å²) in [5.74, 6) is 0.781. The van der Waals surface area contributed by atoms with Crippen LogP contribution in [0.5, 0.6) is 5.75 Å². The lowest BCUT2D eigenvalue weighted by molar-refractivity contribution is 0.194. The van der Waals surface area contributed by atoms with Crippen LogP contribution in [-0.2, 0) is 0 Å². The van der Waals surface area contributed by atoms with Crippen molar-refractivity contribution in [2.45, 2.75) is 51.7 Å². The van der Waals surface area contributed by atoms with Gasteiger partial charge in [0.25, 0.3) is 0 Å². The van der Waals surface area contributed by atoms with Gasteiger partial charge in [-0.05, 0) is 38.8 Å². The molecule has 0 saturated heterocycles. The van der Waals surface area contributed by atoms with Gasteiger partial charge in [-0.25, -0.2) is 0 Å². The van der Waals surface area contributed by atoms with Crippen LogP contribution in [0.4, 0.5) is 5.69 Å². The first-order valence-electron chi connectivity index (χ1n) is 7.30. The third-order valence-corrected chi connectivity index (χ3v) is 4.10. The molecule has 0 heterocycles. The SMILES string of the molecule is CCN(c1cccc(OC)c1C(C)O)C1CCCC1. The number of aliphatic hydroxyl groups is 1. The second-order valence-electron chi connectivity index (χ2n) is 5.29. The summed E-state index contributed by atoms with van der Waals surface area (Å²) in [7, 11) is 1.66. The minimum atomic E-state index is -0.512. The van der Waals surface area contributed by atoms with Gasteiger partial charge in [0.2, 0.25) is 0 Å². The first-order valence-corrected chi connectivity index (χ1v) is 7.30. The molecule has 0 bridgehead atoms. The molecule has 1 N–H and O–H groups in total. The zero-order chi connectivity index (χ0) is 13.8. The molecular weight excluding hydrogens is 238 g/mol. The van der Waals surface area contributed by atoms with Gasteiger partial charge in [0.15, 0.2) is 0 Å². The Balaban J connectivity index is 2.41. The molecule has 19 heavy (non-hydrogen) atoms. The molecule has 1 atom stereocenters. The van der Waals surface area contributed by atoms with Crippen molar-refractivity contribution in [2.75, 3.05) is 18.6 Å². The van der Waals surface area contributed by atoms with Crippen molar-refractivity contribution in [3.63, 3.8) is 0 Å². The fourth-order valence-corrected chi connectivity index (χ4v) is 3.22. The normalized spacial score (nSPS) is 17.5. The van der Waals surface area contributed by atoms with E-state index >= 15 is 0 Å². The van der Waals surface area contributed by atoms with Crippen molar-refractivity contribution in [2.24, 2.45) is 0 Å². The molecule has 106 valence electrons. The van der Waals surface area contributed by atoms with Crippen LogP contribution in [0.3, 0.4) is 0 Å². The monoisotopic (exact) mass is 263 g/mol. The maximum atomic E-state index is 10.1. The molecule has 0 spiro atoms. The quantitative estimate of drug-likeness (QED) is 0.882. The molecule has 1 saturated carbocycles. The van der Waals surface area contributed by atoms with Gasteiger partial charge < -0.3 is 14.7 Å². The van der Waals surface area contributed by atoms with Crippen molar-refractivity contribution in [3.8, 4) is 5.75 Å². The molecular formula is C16H25NO2. The van der Waals surface area contributed by atoms with Crippen molar-refractivity contribution >= 4 is 5.69 Å². The van der Waals surface area contributed by atoms with Crippen molar-refractivity contribution < 1.29 is 9.84 Å². The van der Waals surface area contributed by atoms with E-state index in [2.05, 4.69) is 17.9 Å². The highest BCUT2D eigenvalue weighted by molar-refractivity contribution is 5.61. The van der Waals surface area contributed by atoms with E-state index in [1.165, 1.54) is 25.7 Å². The lowest BCUT2D eigenvalue weighted by Crippen LogP contribution is -2.34. The Morgan fingerprint density at radius 1 is 1.37 bits per heavy atom. The van der Waals surface area contributed by atoms with Gasteiger partial charge in [0, 0.05) is 23.8 Å². The summed E-state index contributed by atoms with van der Waals surface area (Å²) < 4.78 is 5.42. The summed E-state index contributed by atoms with van der Waals surface area (Å²) in [4.78, 5) is 2.43. The summed E-state index contributed by atoms with van der Waals surface area (Å²) in [6.07, 6.45) is 4.63. The molecule has 1 aromatic carbocycles. The maximum absolute atomic E-state index is 10.1. The Morgan fingerprint density at radius 2 is 2.05 bits per heavy atom. The average Bonchev–Trinajstić information content (AvgIpc) is 2.93. The fraction of sp³-hybridized carbons (Fsp3) is 0.625. The molecule has 1 aromatic rings. The Bertz CT molecular complexity index is 411. The number of anilines is 1. The lowest BCUT2D eigenvalue weighted by Gasteiger charge is -2.33. The van der Waals surface area contributed by atoms with Gasteiger partial charge >= 0.3 is 0 Å². The Morgan fingerprint density at radius 3 is 2.58 bits per heavy atom. The summed E-state index contributed by atoms with van der Waals surface area (Å²) in [5, 5.41) is 10.1. The van der Waals surface area contributed by atoms with Crippen LogP contribution in [0.1, 0.15) is 51.2 Å². The second kappa shape index (κ2) is 6.29. The predicted octanol–water partition coefficient (Wildman–Crippen LogP) is 3.52. The third kappa shape index (κ3) is 2.86. The van der Waals surface area contributed by atoms with Crippen LogP contribution in [-0.4, -0.2) is 24.8 Å². The summed E-state index contributed by atoms with van der Waals surface area (Å²) in [6, 6.07) is 6.65. The number of aliphatic hydroxyl groups excluding tert-OH is 1. The van der Waals surface area contributed by atoms with E-state index in [4.69, 9.17) is 4.74 Å². The molecule has 0 radical (unpaired) electrons. The smallest absolute Gasteiger partial charge is 0.126 e. The molecule has 1 aliphatic rings. The molecule has 1 unspecified atom stereocenters. The minimum Gasteiger partial charge on any atom is -0.496 e. The Hall–Kier alpha value is -1.22. The highest BCUT2D eigenvalue weighted by Gasteiger charge is 2.25. The maximum Gasteiger partial charge on any atom is 0.126 e. The van der Waals surface area contributed by atoms with Crippen LogP contribution in [0.25, 0.3) is 0 Å². The van der Waals surface area contributed by atoms with E-state index in [1.807, 2.05) is 19.1 Å². The van der Waals surface area contributed by atoms with Crippen molar-refractivity contribution in [1.29, 1.82) is 0 Å². The van der Waals surface area contributed by atoms with Crippen LogP contribution >= 0.6 is 0 Å². The average molecular weight is 263 g/mol. The minimum absolute atomic E-state index is 0.512. The predicted molar refractivity (Wildman–Crippen MR) is 78.9 cm³/mol. The van der Waals surface area contributed by atoms with Crippen LogP contribution in [0.2, 0.25) is 0 Å². The van der Waals surface area contributed by atoms with Gasteiger partial charge in [-0.1, -0.05) is 18.9 Å². The van der Waals surface area contributed by atoms with Gasteiger partial charge in [-0.15, -0.1) is 0 Å². The zero-order valence-corrected chi connectivity index (χ0v) is 12.2. The molecule has 3 heteroatoms. The largest absolute Gasteiger partial charge is 0.496 e. The van der Waals surface area contributed by atoms with Crippen LogP contribution < -0.4 is 9.64 Å². The molecule has 0 amide bonds. The Kier molecular flexibility index (Phi) is 4.70. The molecule has 3 nitrogen and oxygen atoms in total. The van der Waals surface area contributed by atoms with E-state index in [1.54, 1.807) is 7.11 Å². The highest BCUT2D eigenvalue weighted by atomic mass is 16.5. The highest BCUT2D eigenvalue weighted by Crippen LogP contribution is 2.37. The number of rotatable bonds is 5. The fourth-order valence-electron chi connectivity index (χ4n) is 3.22. The third-order valence-electron chi connectivity index (χ3n) is 4.10. The Labute approximate surface area is 116 Å². The number of ether oxygens (including phenoxy) is 1. The zero-order valence-electron chi connectivity index (χ0n) is 12.2. The van der Waals surface area contributed by atoms with Gasteiger partial charge in [0.05, 0.1) is 13.2 Å². The number of hydrogen-bond donors (Lipinski definition) is 1. The second-order valence-corrected chi connectivity index (χ2v) is 5.29. The van der Waals surface area contributed by atoms with E-state index in [9.17, 15) is 5.11 Å². The topological polar surface area (TPSA) is 32.7 Å². The standard InChI is InChI=1S/C16H25NO2/c1-4-17(13-8-5-6-9-13)14-10-7-11-15(19-3)16(14)12(2)18/h7,10-13,18H,4-6,8-9H2,1-3H3. The molecule has 1 aliphatic carbocycles. The van der Waals surface area contributed by atoms with E-state index < -0.39 is 6.10 Å². The molecule has 1 fully saturated rings. The molecule has 0 aromatic heterocycles. The van der Waals surface area contributed by atoms with E-state index in [0.717, 1.165) is 23.5 Å². The van der Waals surface area contributed by atoms with Crippen molar-refractivity contribution in [1.82, 2.24) is 0 Å². The number of benzene rings is 1. The van der Waals surface area contributed by atoms with Crippen LogP contribution in [0, 0.1) is 0 Å². The van der Waals surface area contributed by atoms with E-state index in [-0.39, 0.29) is 0 Å². The van der Waals surface area contributed by atoms with Crippen molar-refractivity contribution in [3.05, 3.63) is 23.8 Å². The number of nitrogens with zero attached hydrogens (tertiary/aromatic N) is 1. The van der Waals surface area contributed by atoms with E-state index in [0.29, 0.717) is 6.04 Å². The first-order chi connectivity index (χ1) is 9.19. The molecule has 0 aliphatic heterocycles.